The van der Waals surface area contributed by atoms with Gasteiger partial charge in [-0.15, -0.1) is 0 Å². The number of hydrogen-bond acceptors (Lipinski definition) is 2. The van der Waals surface area contributed by atoms with Crippen LogP contribution < -0.4 is 0 Å². The van der Waals surface area contributed by atoms with Crippen molar-refractivity contribution in [1.82, 2.24) is 4.98 Å². The number of aromatic nitrogens is 1. The summed E-state index contributed by atoms with van der Waals surface area (Å²) in [5, 5.41) is 11.9. The number of aliphatic hydroxyl groups is 1. The fourth-order valence-electron chi connectivity index (χ4n) is 2.00. The first-order chi connectivity index (χ1) is 8.07. The summed E-state index contributed by atoms with van der Waals surface area (Å²) in [6.07, 6.45) is 2.34. The average molecular weight is 268 g/mol. The van der Waals surface area contributed by atoms with Crippen LogP contribution in [0.2, 0.25) is 10.2 Å². The number of hydrogen-bond donors (Lipinski definition) is 1. The lowest BCUT2D eigenvalue weighted by molar-refractivity contribution is 0.151. The monoisotopic (exact) mass is 267 g/mol. The summed E-state index contributed by atoms with van der Waals surface area (Å²) in [6, 6.07) is 7.41. The Morgan fingerprint density at radius 2 is 1.94 bits per heavy atom. The molecule has 1 aromatic carbocycles. The van der Waals surface area contributed by atoms with E-state index < -0.39 is 5.60 Å². The van der Waals surface area contributed by atoms with E-state index in [1.807, 2.05) is 18.2 Å². The van der Waals surface area contributed by atoms with Crippen molar-refractivity contribution < 1.29 is 5.11 Å². The molecule has 1 heterocycles. The maximum atomic E-state index is 9.93. The summed E-state index contributed by atoms with van der Waals surface area (Å²) < 4.78 is 0. The van der Waals surface area contributed by atoms with Gasteiger partial charge in [-0.3, -0.25) is 0 Å². The number of rotatable bonds is 2. The van der Waals surface area contributed by atoms with Crippen LogP contribution in [0.5, 0.6) is 0 Å². The Kier molecular flexibility index (Phi) is 2.54. The van der Waals surface area contributed by atoms with E-state index in [4.69, 9.17) is 23.2 Å². The lowest BCUT2D eigenvalue weighted by Gasteiger charge is -2.11. The Morgan fingerprint density at radius 3 is 2.65 bits per heavy atom. The van der Waals surface area contributed by atoms with Crippen molar-refractivity contribution in [3.63, 3.8) is 0 Å². The van der Waals surface area contributed by atoms with Crippen LogP contribution in [0.15, 0.2) is 24.3 Å². The van der Waals surface area contributed by atoms with Crippen molar-refractivity contribution in [1.29, 1.82) is 0 Å². The molecule has 1 aromatic heterocycles. The summed E-state index contributed by atoms with van der Waals surface area (Å²) >= 11 is 12.2. The second-order valence-corrected chi connectivity index (χ2v) is 5.41. The minimum Gasteiger partial charge on any atom is -0.390 e. The molecular formula is C13H11Cl2NO. The molecule has 0 saturated heterocycles. The van der Waals surface area contributed by atoms with Crippen LogP contribution >= 0.6 is 23.2 Å². The lowest BCUT2D eigenvalue weighted by Crippen LogP contribution is -2.11. The molecule has 0 aliphatic heterocycles. The van der Waals surface area contributed by atoms with Gasteiger partial charge >= 0.3 is 0 Å². The molecule has 1 aliphatic carbocycles. The van der Waals surface area contributed by atoms with E-state index >= 15 is 0 Å². The Bertz CT molecular complexity index is 593. The third-order valence-electron chi connectivity index (χ3n) is 3.20. The van der Waals surface area contributed by atoms with E-state index in [-0.39, 0.29) is 0 Å². The zero-order valence-electron chi connectivity index (χ0n) is 9.08. The normalized spacial score (nSPS) is 17.4. The molecule has 1 aliphatic rings. The van der Waals surface area contributed by atoms with E-state index in [0.717, 1.165) is 29.3 Å². The highest BCUT2D eigenvalue weighted by Gasteiger charge is 2.40. The Labute approximate surface area is 109 Å². The molecule has 0 spiro atoms. The van der Waals surface area contributed by atoms with Crippen LogP contribution in [-0.4, -0.2) is 15.7 Å². The molecule has 1 N–H and O–H groups in total. The SMILES string of the molecule is OC1(Cc2ccc3nc(Cl)ccc3c2Cl)CC1. The molecule has 0 atom stereocenters. The summed E-state index contributed by atoms with van der Waals surface area (Å²) in [5.74, 6) is 0. The van der Waals surface area contributed by atoms with Crippen LogP contribution in [0.3, 0.4) is 0 Å². The molecule has 0 unspecified atom stereocenters. The topological polar surface area (TPSA) is 33.1 Å². The number of fused-ring (bicyclic) bond motifs is 1. The van der Waals surface area contributed by atoms with Crippen molar-refractivity contribution in [2.45, 2.75) is 24.9 Å². The van der Waals surface area contributed by atoms with Crippen LogP contribution in [0, 0.1) is 0 Å². The van der Waals surface area contributed by atoms with Crippen molar-refractivity contribution >= 4 is 34.1 Å². The zero-order chi connectivity index (χ0) is 12.0. The molecule has 4 heteroatoms. The van der Waals surface area contributed by atoms with Crippen molar-refractivity contribution in [2.24, 2.45) is 0 Å². The minimum atomic E-state index is -0.531. The third-order valence-corrected chi connectivity index (χ3v) is 3.86. The molecule has 0 amide bonds. The molecule has 2 nitrogen and oxygen atoms in total. The van der Waals surface area contributed by atoms with E-state index in [1.165, 1.54) is 0 Å². The molecule has 3 rings (SSSR count). The van der Waals surface area contributed by atoms with Crippen molar-refractivity contribution in [3.8, 4) is 0 Å². The van der Waals surface area contributed by atoms with Gasteiger partial charge < -0.3 is 5.11 Å². The molecule has 0 bridgehead atoms. The molecular weight excluding hydrogens is 257 g/mol. The summed E-state index contributed by atoms with van der Waals surface area (Å²) in [4.78, 5) is 4.21. The van der Waals surface area contributed by atoms with Crippen molar-refractivity contribution in [3.05, 3.63) is 40.0 Å². The molecule has 88 valence electrons. The maximum absolute atomic E-state index is 9.93. The smallest absolute Gasteiger partial charge is 0.129 e. The number of benzene rings is 1. The van der Waals surface area contributed by atoms with Crippen LogP contribution in [0.1, 0.15) is 18.4 Å². The molecule has 1 saturated carbocycles. The number of nitrogens with zero attached hydrogens (tertiary/aromatic N) is 1. The Hall–Kier alpha value is -0.830. The van der Waals surface area contributed by atoms with E-state index in [1.54, 1.807) is 6.07 Å². The van der Waals surface area contributed by atoms with Crippen LogP contribution in [-0.2, 0) is 6.42 Å². The van der Waals surface area contributed by atoms with Gasteiger partial charge in [0, 0.05) is 11.8 Å². The Morgan fingerprint density at radius 1 is 1.18 bits per heavy atom. The maximum Gasteiger partial charge on any atom is 0.129 e. The third kappa shape index (κ3) is 2.13. The van der Waals surface area contributed by atoms with E-state index in [0.29, 0.717) is 16.6 Å². The van der Waals surface area contributed by atoms with Gasteiger partial charge in [0.05, 0.1) is 16.1 Å². The fraction of sp³-hybridized carbons (Fsp3) is 0.308. The average Bonchev–Trinajstić information content (AvgIpc) is 3.01. The lowest BCUT2D eigenvalue weighted by atomic mass is 10.0. The minimum absolute atomic E-state index is 0.460. The highest BCUT2D eigenvalue weighted by atomic mass is 35.5. The highest BCUT2D eigenvalue weighted by molar-refractivity contribution is 6.36. The predicted octanol–water partition coefficient (Wildman–Crippen LogP) is 3.61. The first-order valence-corrected chi connectivity index (χ1v) is 6.29. The number of pyridine rings is 1. The van der Waals surface area contributed by atoms with Gasteiger partial charge in [-0.1, -0.05) is 29.3 Å². The Balaban J connectivity index is 2.09. The largest absolute Gasteiger partial charge is 0.390 e. The summed E-state index contributed by atoms with van der Waals surface area (Å²) in [5.41, 5.74) is 1.23. The summed E-state index contributed by atoms with van der Waals surface area (Å²) in [7, 11) is 0. The van der Waals surface area contributed by atoms with Gasteiger partial charge in [0.1, 0.15) is 5.15 Å². The van der Waals surface area contributed by atoms with Crippen LogP contribution in [0.4, 0.5) is 0 Å². The first-order valence-electron chi connectivity index (χ1n) is 5.53. The molecule has 1 fully saturated rings. The van der Waals surface area contributed by atoms with E-state index in [9.17, 15) is 5.11 Å². The standard InChI is InChI=1S/C13H11Cl2NO/c14-11-4-2-9-10(16-11)3-1-8(12(9)15)7-13(17)5-6-13/h1-4,17H,5-7H2. The second-order valence-electron chi connectivity index (χ2n) is 4.64. The fourth-order valence-corrected chi connectivity index (χ4v) is 2.44. The van der Waals surface area contributed by atoms with Gasteiger partial charge in [-0.25, -0.2) is 4.98 Å². The predicted molar refractivity (Wildman–Crippen MR) is 69.7 cm³/mol. The van der Waals surface area contributed by atoms with Gasteiger partial charge in [-0.2, -0.15) is 0 Å². The van der Waals surface area contributed by atoms with Gasteiger partial charge in [0.25, 0.3) is 0 Å². The van der Waals surface area contributed by atoms with Gasteiger partial charge in [-0.05, 0) is 36.6 Å². The molecule has 2 aromatic rings. The van der Waals surface area contributed by atoms with Gasteiger partial charge in [0.2, 0.25) is 0 Å². The number of halogens is 2. The second kappa shape index (κ2) is 3.84. The van der Waals surface area contributed by atoms with Crippen molar-refractivity contribution in [2.75, 3.05) is 0 Å². The first kappa shape index (κ1) is 11.3. The zero-order valence-corrected chi connectivity index (χ0v) is 10.6. The van der Waals surface area contributed by atoms with Crippen LogP contribution in [0.25, 0.3) is 10.9 Å². The highest BCUT2D eigenvalue weighted by Crippen LogP contribution is 2.40. The summed E-state index contributed by atoms with van der Waals surface area (Å²) in [6.45, 7) is 0. The molecule has 17 heavy (non-hydrogen) atoms. The molecule has 0 radical (unpaired) electrons. The quantitative estimate of drug-likeness (QED) is 0.844. The van der Waals surface area contributed by atoms with E-state index in [2.05, 4.69) is 4.98 Å². The van der Waals surface area contributed by atoms with Gasteiger partial charge in [0.15, 0.2) is 0 Å².